The lowest BCUT2D eigenvalue weighted by atomic mass is 9.66. The highest BCUT2D eigenvalue weighted by atomic mass is 16.5. The van der Waals surface area contributed by atoms with Gasteiger partial charge in [-0.05, 0) is 49.5 Å². The first-order valence-corrected chi connectivity index (χ1v) is 10.8. The predicted octanol–water partition coefficient (Wildman–Crippen LogP) is 3.95. The molecule has 1 fully saturated rings. The molecule has 0 amide bonds. The Bertz CT molecular complexity index is 637. The molecule has 0 bridgehead atoms. The molecule has 7 atom stereocenters. The summed E-state index contributed by atoms with van der Waals surface area (Å²) in [4.78, 5) is 24.1. The molecule has 0 saturated carbocycles. The monoisotopic (exact) mass is 390 g/mol. The molecule has 3 aliphatic rings. The number of cyclic esters (lactones) is 1. The number of aliphatic hydroxyl groups is 1. The van der Waals surface area contributed by atoms with Gasteiger partial charge in [-0.25, -0.2) is 0 Å². The van der Waals surface area contributed by atoms with Gasteiger partial charge in [0.2, 0.25) is 0 Å². The van der Waals surface area contributed by atoms with E-state index in [-0.39, 0.29) is 42.4 Å². The van der Waals surface area contributed by atoms with Crippen LogP contribution in [0, 0.1) is 23.7 Å². The van der Waals surface area contributed by atoms with Crippen LogP contribution in [0.25, 0.3) is 0 Å². The molecular formula is C23H34O5. The molecular weight excluding hydrogens is 356 g/mol. The van der Waals surface area contributed by atoms with Gasteiger partial charge in [0.25, 0.3) is 0 Å². The van der Waals surface area contributed by atoms with Crippen molar-refractivity contribution in [1.29, 1.82) is 0 Å². The summed E-state index contributed by atoms with van der Waals surface area (Å²) in [6, 6.07) is 0. The highest BCUT2D eigenvalue weighted by Crippen LogP contribution is 2.44. The van der Waals surface area contributed by atoms with Gasteiger partial charge in [0.15, 0.2) is 0 Å². The van der Waals surface area contributed by atoms with Crippen LogP contribution >= 0.6 is 0 Å². The third-order valence-electron chi connectivity index (χ3n) is 6.69. The maximum Gasteiger partial charge on any atom is 0.308 e. The maximum atomic E-state index is 12.4. The lowest BCUT2D eigenvalue weighted by molar-refractivity contribution is -0.162. The quantitative estimate of drug-likeness (QED) is 0.695. The van der Waals surface area contributed by atoms with Gasteiger partial charge in [-0.15, -0.1) is 0 Å². The summed E-state index contributed by atoms with van der Waals surface area (Å²) < 4.78 is 11.4. The number of hydrogen-bond donors (Lipinski definition) is 1. The van der Waals surface area contributed by atoms with Gasteiger partial charge in [0.1, 0.15) is 12.2 Å². The smallest absolute Gasteiger partial charge is 0.308 e. The number of rotatable bonds is 6. The van der Waals surface area contributed by atoms with Crippen LogP contribution in [0.15, 0.2) is 23.8 Å². The second-order valence-corrected chi connectivity index (χ2v) is 8.76. The van der Waals surface area contributed by atoms with Crippen molar-refractivity contribution in [3.8, 4) is 0 Å². The Morgan fingerprint density at radius 3 is 2.89 bits per heavy atom. The van der Waals surface area contributed by atoms with E-state index < -0.39 is 6.10 Å². The minimum atomic E-state index is -0.593. The Hall–Kier alpha value is -1.62. The van der Waals surface area contributed by atoms with E-state index in [9.17, 15) is 14.7 Å². The molecule has 0 aromatic heterocycles. The van der Waals surface area contributed by atoms with E-state index in [1.807, 2.05) is 13.8 Å². The van der Waals surface area contributed by atoms with E-state index in [0.717, 1.165) is 32.1 Å². The molecule has 1 heterocycles. The summed E-state index contributed by atoms with van der Waals surface area (Å²) in [5, 5.41) is 9.86. The van der Waals surface area contributed by atoms with Crippen molar-refractivity contribution in [2.75, 3.05) is 0 Å². The van der Waals surface area contributed by atoms with Crippen LogP contribution in [0.5, 0.6) is 0 Å². The topological polar surface area (TPSA) is 72.8 Å². The zero-order valence-corrected chi connectivity index (χ0v) is 17.3. The fourth-order valence-corrected chi connectivity index (χ4v) is 4.80. The van der Waals surface area contributed by atoms with Crippen molar-refractivity contribution < 1.29 is 24.2 Å². The standard InChI is InChI=1S/C23H34O5/c1-4-14(2)23(26)28-20-7-5-6-16-9-8-15(3)19(22(16)20)11-10-18-12-17(24)13-21(25)27-18/h6,8-9,14-15,17-20,22,24H,4-5,7,10-13H2,1-3H3/t14-,15?,17+,18+,19-,20-,22-/m0/s1. The Labute approximate surface area is 168 Å². The van der Waals surface area contributed by atoms with E-state index in [0.29, 0.717) is 18.3 Å². The third kappa shape index (κ3) is 4.86. The number of carbonyl (C=O) groups excluding carboxylic acids is 2. The zero-order chi connectivity index (χ0) is 20.3. The summed E-state index contributed by atoms with van der Waals surface area (Å²) in [7, 11) is 0. The molecule has 28 heavy (non-hydrogen) atoms. The van der Waals surface area contributed by atoms with Crippen molar-refractivity contribution >= 4 is 11.9 Å². The Morgan fingerprint density at radius 2 is 2.18 bits per heavy atom. The molecule has 1 aliphatic heterocycles. The average Bonchev–Trinajstić information content (AvgIpc) is 2.66. The molecule has 156 valence electrons. The van der Waals surface area contributed by atoms with Crippen molar-refractivity contribution in [3.63, 3.8) is 0 Å². The Balaban J connectivity index is 1.70. The molecule has 1 unspecified atom stereocenters. The number of esters is 2. The molecule has 5 heteroatoms. The molecule has 1 N–H and O–H groups in total. The summed E-state index contributed by atoms with van der Waals surface area (Å²) >= 11 is 0. The summed E-state index contributed by atoms with van der Waals surface area (Å²) in [6.45, 7) is 6.14. The number of ether oxygens (including phenoxy) is 2. The van der Waals surface area contributed by atoms with Gasteiger partial charge in [-0.3, -0.25) is 9.59 Å². The minimum absolute atomic E-state index is 0.0764. The van der Waals surface area contributed by atoms with Crippen LogP contribution in [0.4, 0.5) is 0 Å². The molecule has 3 rings (SSSR count). The van der Waals surface area contributed by atoms with E-state index in [2.05, 4.69) is 25.2 Å². The van der Waals surface area contributed by atoms with Crippen LogP contribution in [-0.2, 0) is 19.1 Å². The maximum absolute atomic E-state index is 12.4. The van der Waals surface area contributed by atoms with Gasteiger partial charge >= 0.3 is 11.9 Å². The molecule has 5 nitrogen and oxygen atoms in total. The largest absolute Gasteiger partial charge is 0.462 e. The Kier molecular flexibility index (Phi) is 6.97. The van der Waals surface area contributed by atoms with Crippen LogP contribution < -0.4 is 0 Å². The first-order chi connectivity index (χ1) is 13.4. The Morgan fingerprint density at radius 1 is 1.39 bits per heavy atom. The third-order valence-corrected chi connectivity index (χ3v) is 6.69. The SMILES string of the molecule is CC[C@H](C)C(=O)O[C@H]1CCC=C2C=CC(C)[C@H](CC[C@@H]3C[C@@H](O)CC(=O)O3)[C@H]21. The van der Waals surface area contributed by atoms with Crippen molar-refractivity contribution in [3.05, 3.63) is 23.8 Å². The molecule has 0 radical (unpaired) electrons. The first-order valence-electron chi connectivity index (χ1n) is 10.8. The summed E-state index contributed by atoms with van der Waals surface area (Å²) in [5.41, 5.74) is 1.27. The molecule has 0 aromatic rings. The van der Waals surface area contributed by atoms with Crippen molar-refractivity contribution in [1.82, 2.24) is 0 Å². The van der Waals surface area contributed by atoms with E-state index >= 15 is 0 Å². The van der Waals surface area contributed by atoms with Crippen LogP contribution in [-0.4, -0.2) is 35.4 Å². The van der Waals surface area contributed by atoms with Crippen LogP contribution in [0.1, 0.15) is 65.7 Å². The number of aliphatic hydroxyl groups excluding tert-OH is 1. The first kappa shape index (κ1) is 21.1. The van der Waals surface area contributed by atoms with E-state index in [1.54, 1.807) is 0 Å². The summed E-state index contributed by atoms with van der Waals surface area (Å²) in [6.07, 6.45) is 10.6. The van der Waals surface area contributed by atoms with Crippen LogP contribution in [0.2, 0.25) is 0 Å². The van der Waals surface area contributed by atoms with E-state index in [1.165, 1.54) is 5.57 Å². The van der Waals surface area contributed by atoms with Gasteiger partial charge in [-0.1, -0.05) is 39.0 Å². The van der Waals surface area contributed by atoms with E-state index in [4.69, 9.17) is 9.47 Å². The summed E-state index contributed by atoms with van der Waals surface area (Å²) in [5.74, 6) is 0.426. The normalized spacial score (nSPS) is 36.1. The predicted molar refractivity (Wildman–Crippen MR) is 106 cm³/mol. The molecule has 0 spiro atoms. The second-order valence-electron chi connectivity index (χ2n) is 8.76. The minimum Gasteiger partial charge on any atom is -0.462 e. The lowest BCUT2D eigenvalue weighted by Gasteiger charge is -2.42. The van der Waals surface area contributed by atoms with Crippen molar-refractivity contribution in [2.45, 2.75) is 84.0 Å². The average molecular weight is 391 g/mol. The number of fused-ring (bicyclic) bond motifs is 1. The lowest BCUT2D eigenvalue weighted by Crippen LogP contribution is -2.40. The van der Waals surface area contributed by atoms with Gasteiger partial charge in [0, 0.05) is 12.3 Å². The number of allylic oxidation sites excluding steroid dienone is 3. The van der Waals surface area contributed by atoms with Crippen LogP contribution in [0.3, 0.4) is 0 Å². The number of hydrogen-bond acceptors (Lipinski definition) is 5. The zero-order valence-electron chi connectivity index (χ0n) is 17.3. The van der Waals surface area contributed by atoms with Gasteiger partial charge < -0.3 is 14.6 Å². The second kappa shape index (κ2) is 9.25. The van der Waals surface area contributed by atoms with Crippen molar-refractivity contribution in [2.24, 2.45) is 23.7 Å². The molecule has 1 saturated heterocycles. The fourth-order valence-electron chi connectivity index (χ4n) is 4.80. The highest BCUT2D eigenvalue weighted by molar-refractivity contribution is 5.72. The van der Waals surface area contributed by atoms with Gasteiger partial charge in [-0.2, -0.15) is 0 Å². The molecule has 2 aliphatic carbocycles. The fraction of sp³-hybridized carbons (Fsp3) is 0.739. The van der Waals surface area contributed by atoms with Gasteiger partial charge in [0.05, 0.1) is 18.4 Å². The molecule has 0 aromatic carbocycles. The highest BCUT2D eigenvalue weighted by Gasteiger charge is 2.40. The number of carbonyl (C=O) groups is 2.